The van der Waals surface area contributed by atoms with Gasteiger partial charge in [0.05, 0.1) is 23.9 Å². The van der Waals surface area contributed by atoms with Gasteiger partial charge in [0.15, 0.2) is 21.7 Å². The van der Waals surface area contributed by atoms with Crippen molar-refractivity contribution in [2.75, 3.05) is 18.5 Å². The van der Waals surface area contributed by atoms with Gasteiger partial charge in [0.2, 0.25) is 0 Å². The second-order valence-corrected chi connectivity index (χ2v) is 7.80. The SMILES string of the molecule is CCCc1cccc(Nc2cc(Cl)nnc2C(=O)OCC)n1.CCOC(=O)c1nnc(Cl)cc1Cl. The molecule has 3 aromatic heterocycles. The molecule has 1 N–H and O–H groups in total. The van der Waals surface area contributed by atoms with Crippen molar-refractivity contribution in [2.24, 2.45) is 0 Å². The maximum atomic E-state index is 11.9. The molecular formula is C22H23Cl3N6O4. The molecule has 0 fully saturated rings. The van der Waals surface area contributed by atoms with Gasteiger partial charge < -0.3 is 14.8 Å². The lowest BCUT2D eigenvalue weighted by atomic mass is 10.2. The fourth-order valence-electron chi connectivity index (χ4n) is 2.58. The summed E-state index contributed by atoms with van der Waals surface area (Å²) in [5.74, 6) is -0.545. The monoisotopic (exact) mass is 540 g/mol. The summed E-state index contributed by atoms with van der Waals surface area (Å²) in [6.45, 7) is 6.03. The van der Waals surface area contributed by atoms with Crippen LogP contribution in [0.2, 0.25) is 15.3 Å². The first-order valence-electron chi connectivity index (χ1n) is 10.6. The highest BCUT2D eigenvalue weighted by Gasteiger charge is 2.17. The van der Waals surface area contributed by atoms with Crippen LogP contribution in [0.1, 0.15) is 53.9 Å². The molecule has 0 radical (unpaired) electrons. The molecule has 3 heterocycles. The van der Waals surface area contributed by atoms with Crippen LogP contribution in [0.5, 0.6) is 0 Å². The van der Waals surface area contributed by atoms with Crippen molar-refractivity contribution >= 4 is 58.2 Å². The third kappa shape index (κ3) is 8.89. The number of rotatable bonds is 8. The molecule has 3 rings (SSSR count). The zero-order valence-corrected chi connectivity index (χ0v) is 21.5. The first-order chi connectivity index (χ1) is 16.8. The van der Waals surface area contributed by atoms with Crippen LogP contribution in [0, 0.1) is 0 Å². The third-order valence-electron chi connectivity index (χ3n) is 3.99. The minimum atomic E-state index is -0.600. The Morgan fingerprint density at radius 1 is 0.857 bits per heavy atom. The number of halogens is 3. The molecule has 10 nitrogen and oxygen atoms in total. The second-order valence-electron chi connectivity index (χ2n) is 6.62. The number of pyridine rings is 1. The molecule has 0 aromatic carbocycles. The summed E-state index contributed by atoms with van der Waals surface area (Å²) in [7, 11) is 0. The van der Waals surface area contributed by atoms with Gasteiger partial charge in [0.25, 0.3) is 0 Å². The number of ether oxygens (including phenoxy) is 2. The van der Waals surface area contributed by atoms with E-state index in [2.05, 4.69) is 42.4 Å². The first kappa shape index (κ1) is 28.2. The number of carbonyl (C=O) groups is 2. The van der Waals surface area contributed by atoms with Crippen LogP contribution in [0.25, 0.3) is 0 Å². The van der Waals surface area contributed by atoms with Crippen molar-refractivity contribution in [3.05, 3.63) is 62.7 Å². The molecule has 186 valence electrons. The van der Waals surface area contributed by atoms with Gasteiger partial charge >= 0.3 is 11.9 Å². The van der Waals surface area contributed by atoms with Gasteiger partial charge in [-0.05, 0) is 38.5 Å². The number of carbonyl (C=O) groups excluding carboxylic acids is 2. The van der Waals surface area contributed by atoms with Gasteiger partial charge in [0.1, 0.15) is 5.82 Å². The van der Waals surface area contributed by atoms with E-state index >= 15 is 0 Å². The maximum Gasteiger partial charge on any atom is 0.361 e. The van der Waals surface area contributed by atoms with E-state index in [9.17, 15) is 9.59 Å². The lowest BCUT2D eigenvalue weighted by Gasteiger charge is -2.10. The summed E-state index contributed by atoms with van der Waals surface area (Å²) in [4.78, 5) is 27.5. The standard InChI is InChI=1S/C15H17ClN4O2.C7H6Cl2N2O2/c1-3-6-10-7-5-8-13(17-10)18-11-9-12(16)19-20-14(11)15(21)22-4-2;1-2-13-7(12)6-4(8)3-5(9)10-11-6/h5,7-9H,3-4,6H2,1-2H3,(H,17,18,19);3H,2H2,1H3. The number of nitrogens with zero attached hydrogens (tertiary/aromatic N) is 5. The van der Waals surface area contributed by atoms with Crippen molar-refractivity contribution < 1.29 is 19.1 Å². The molecule has 3 aromatic rings. The molecule has 0 aliphatic rings. The maximum absolute atomic E-state index is 11.9. The smallest absolute Gasteiger partial charge is 0.361 e. The Morgan fingerprint density at radius 2 is 1.46 bits per heavy atom. The van der Waals surface area contributed by atoms with Crippen molar-refractivity contribution in [3.63, 3.8) is 0 Å². The quantitative estimate of drug-likeness (QED) is 0.372. The average molecular weight is 542 g/mol. The largest absolute Gasteiger partial charge is 0.461 e. The minimum absolute atomic E-state index is 0.0204. The highest BCUT2D eigenvalue weighted by atomic mass is 35.5. The molecule has 0 aliphatic heterocycles. The van der Waals surface area contributed by atoms with E-state index in [-0.39, 0.29) is 39.9 Å². The Bertz CT molecular complexity index is 1170. The number of esters is 2. The Kier molecular flexibility index (Phi) is 11.5. The Balaban J connectivity index is 0.000000283. The molecule has 0 saturated heterocycles. The number of hydrogen-bond donors (Lipinski definition) is 1. The van der Waals surface area contributed by atoms with Crippen molar-refractivity contribution in [2.45, 2.75) is 33.6 Å². The van der Waals surface area contributed by atoms with E-state index in [1.54, 1.807) is 13.8 Å². The summed E-state index contributed by atoms with van der Waals surface area (Å²) in [5, 5.41) is 18.0. The van der Waals surface area contributed by atoms with Gasteiger partial charge in [-0.15, -0.1) is 20.4 Å². The van der Waals surface area contributed by atoms with E-state index in [0.29, 0.717) is 11.5 Å². The lowest BCUT2D eigenvalue weighted by molar-refractivity contribution is 0.0509. The summed E-state index contributed by atoms with van der Waals surface area (Å²) < 4.78 is 9.64. The normalized spacial score (nSPS) is 10.1. The number of anilines is 2. The Morgan fingerprint density at radius 3 is 2.06 bits per heavy atom. The molecule has 13 heteroatoms. The summed E-state index contributed by atoms with van der Waals surface area (Å²) in [5.41, 5.74) is 1.44. The van der Waals surface area contributed by atoms with Crippen molar-refractivity contribution in [1.29, 1.82) is 0 Å². The zero-order chi connectivity index (χ0) is 25.8. The van der Waals surface area contributed by atoms with Crippen LogP contribution in [0.4, 0.5) is 11.5 Å². The third-order valence-corrected chi connectivity index (χ3v) is 4.65. The van der Waals surface area contributed by atoms with E-state index in [1.165, 1.54) is 12.1 Å². The fourth-order valence-corrected chi connectivity index (χ4v) is 3.15. The number of aryl methyl sites for hydroxylation is 1. The van der Waals surface area contributed by atoms with Crippen molar-refractivity contribution in [3.8, 4) is 0 Å². The van der Waals surface area contributed by atoms with E-state index in [4.69, 9.17) is 39.5 Å². The predicted octanol–water partition coefficient (Wildman–Crippen LogP) is 5.36. The minimum Gasteiger partial charge on any atom is -0.461 e. The Hall–Kier alpha value is -3.08. The summed E-state index contributed by atoms with van der Waals surface area (Å²) >= 11 is 17.0. The van der Waals surface area contributed by atoms with Gasteiger partial charge in [-0.2, -0.15) is 0 Å². The first-order valence-corrected chi connectivity index (χ1v) is 11.7. The molecular weight excluding hydrogens is 519 g/mol. The van der Waals surface area contributed by atoms with E-state index < -0.39 is 11.9 Å². The van der Waals surface area contributed by atoms with Gasteiger partial charge in [-0.1, -0.05) is 54.2 Å². The van der Waals surface area contributed by atoms with E-state index in [0.717, 1.165) is 18.5 Å². The van der Waals surface area contributed by atoms with Crippen LogP contribution in [-0.4, -0.2) is 50.5 Å². The van der Waals surface area contributed by atoms with Gasteiger partial charge in [-0.3, -0.25) is 0 Å². The summed E-state index contributed by atoms with van der Waals surface area (Å²) in [6.07, 6.45) is 1.89. The lowest BCUT2D eigenvalue weighted by Crippen LogP contribution is -2.12. The Labute approximate surface area is 217 Å². The fraction of sp³-hybridized carbons (Fsp3) is 0.318. The van der Waals surface area contributed by atoms with Crippen LogP contribution in [0.15, 0.2) is 30.3 Å². The molecule has 0 saturated carbocycles. The highest BCUT2D eigenvalue weighted by molar-refractivity contribution is 6.35. The number of aromatic nitrogens is 5. The number of hydrogen-bond acceptors (Lipinski definition) is 10. The molecule has 0 amide bonds. The van der Waals surface area contributed by atoms with Crippen LogP contribution in [0.3, 0.4) is 0 Å². The van der Waals surface area contributed by atoms with Crippen LogP contribution >= 0.6 is 34.8 Å². The topological polar surface area (TPSA) is 129 Å². The van der Waals surface area contributed by atoms with Gasteiger partial charge in [-0.25, -0.2) is 14.6 Å². The zero-order valence-electron chi connectivity index (χ0n) is 19.2. The average Bonchev–Trinajstić information content (AvgIpc) is 2.80. The number of nitrogens with one attached hydrogen (secondary N) is 1. The van der Waals surface area contributed by atoms with Crippen LogP contribution in [-0.2, 0) is 15.9 Å². The molecule has 0 spiro atoms. The molecule has 0 bridgehead atoms. The molecule has 0 unspecified atom stereocenters. The van der Waals surface area contributed by atoms with Crippen molar-refractivity contribution in [1.82, 2.24) is 25.4 Å². The molecule has 35 heavy (non-hydrogen) atoms. The highest BCUT2D eigenvalue weighted by Crippen LogP contribution is 2.22. The van der Waals surface area contributed by atoms with Crippen LogP contribution < -0.4 is 5.32 Å². The predicted molar refractivity (Wildman–Crippen MR) is 133 cm³/mol. The second kappa shape index (κ2) is 14.3. The summed E-state index contributed by atoms with van der Waals surface area (Å²) in [6, 6.07) is 8.53. The van der Waals surface area contributed by atoms with Gasteiger partial charge in [0, 0.05) is 11.8 Å². The molecule has 0 atom stereocenters. The molecule has 0 aliphatic carbocycles. The van der Waals surface area contributed by atoms with E-state index in [1.807, 2.05) is 18.2 Å².